The third kappa shape index (κ3) is 12.5. The molecule has 0 heterocycles. The highest BCUT2D eigenvalue weighted by Gasteiger charge is 2.27. The van der Waals surface area contributed by atoms with Crippen LogP contribution >= 0.6 is 0 Å². The van der Waals surface area contributed by atoms with Crippen molar-refractivity contribution in [1.29, 1.82) is 0 Å². The van der Waals surface area contributed by atoms with Gasteiger partial charge in [0.2, 0.25) is 0 Å². The van der Waals surface area contributed by atoms with Crippen LogP contribution in [0.1, 0.15) is 6.92 Å². The zero-order valence-electron chi connectivity index (χ0n) is 14.5. The van der Waals surface area contributed by atoms with E-state index in [9.17, 15) is 0 Å². The normalized spacial score (nSPS) is 11.8. The lowest BCUT2D eigenvalue weighted by molar-refractivity contribution is -0.0334. The molecule has 0 aromatic heterocycles. The molecule has 0 fully saturated rings. The molecule has 0 atom stereocenters. The summed E-state index contributed by atoms with van der Waals surface area (Å²) in [5, 5.41) is 0. The molecule has 0 aliphatic carbocycles. The number of ether oxygens (including phenoxy) is 5. The van der Waals surface area contributed by atoms with E-state index in [-0.39, 0.29) is 5.41 Å². The Hall–Kier alpha value is -0.540. The Labute approximate surface area is 140 Å². The first kappa shape index (κ1) is 22.5. The molecule has 0 amide bonds. The summed E-state index contributed by atoms with van der Waals surface area (Å²) < 4.78 is 27.0. The average molecular weight is 334 g/mol. The Morgan fingerprint density at radius 1 is 0.783 bits per heavy atom. The van der Waals surface area contributed by atoms with Gasteiger partial charge in [0.1, 0.15) is 0 Å². The number of rotatable bonds is 18. The average Bonchev–Trinajstić information content (AvgIpc) is 2.58. The summed E-state index contributed by atoms with van der Waals surface area (Å²) in [4.78, 5) is 0. The van der Waals surface area contributed by atoms with Crippen molar-refractivity contribution in [3.8, 4) is 0 Å². The molecule has 0 spiro atoms. The van der Waals surface area contributed by atoms with Crippen LogP contribution in [-0.2, 0) is 23.7 Å². The first-order valence-corrected chi connectivity index (χ1v) is 8.14. The molecule has 0 unspecified atom stereocenters. The van der Waals surface area contributed by atoms with Crippen LogP contribution in [0.15, 0.2) is 12.7 Å². The fourth-order valence-corrected chi connectivity index (χ4v) is 1.71. The third-order valence-corrected chi connectivity index (χ3v) is 3.24. The van der Waals surface area contributed by atoms with Gasteiger partial charge in [-0.15, -0.1) is 6.58 Å². The van der Waals surface area contributed by atoms with Gasteiger partial charge in [0, 0.05) is 25.1 Å². The fourth-order valence-electron chi connectivity index (χ4n) is 1.71. The summed E-state index contributed by atoms with van der Waals surface area (Å²) in [5.41, 5.74) is 11.3. The van der Waals surface area contributed by atoms with Gasteiger partial charge in [0.25, 0.3) is 0 Å². The monoisotopic (exact) mass is 334 g/mol. The van der Waals surface area contributed by atoms with E-state index in [2.05, 4.69) is 6.58 Å². The zero-order chi connectivity index (χ0) is 17.2. The molecule has 0 aromatic rings. The first-order valence-electron chi connectivity index (χ1n) is 8.14. The lowest BCUT2D eigenvalue weighted by atomic mass is 9.90. The smallest absolute Gasteiger partial charge is 0.0701 e. The molecule has 0 saturated heterocycles. The Morgan fingerprint density at radius 3 is 1.74 bits per heavy atom. The van der Waals surface area contributed by atoms with E-state index in [4.69, 9.17) is 35.2 Å². The van der Waals surface area contributed by atoms with E-state index in [0.29, 0.717) is 79.2 Å². The summed E-state index contributed by atoms with van der Waals surface area (Å²) in [7, 11) is 0. The largest absolute Gasteiger partial charge is 0.379 e. The Bertz CT molecular complexity index is 263. The van der Waals surface area contributed by atoms with Gasteiger partial charge in [-0.1, -0.05) is 6.08 Å². The van der Waals surface area contributed by atoms with Crippen molar-refractivity contribution in [2.45, 2.75) is 6.92 Å². The topological polar surface area (TPSA) is 98.2 Å². The number of nitrogens with two attached hydrogens (primary N) is 2. The first-order chi connectivity index (χ1) is 11.2. The van der Waals surface area contributed by atoms with Gasteiger partial charge in [0.15, 0.2) is 0 Å². The van der Waals surface area contributed by atoms with Gasteiger partial charge in [-0.3, -0.25) is 0 Å². The molecule has 4 N–H and O–H groups in total. The van der Waals surface area contributed by atoms with Crippen molar-refractivity contribution in [2.75, 3.05) is 79.2 Å². The Morgan fingerprint density at radius 2 is 1.26 bits per heavy atom. The van der Waals surface area contributed by atoms with Gasteiger partial charge in [-0.2, -0.15) is 0 Å². The molecule has 0 aliphatic heterocycles. The summed E-state index contributed by atoms with van der Waals surface area (Å²) in [6.07, 6.45) is 1.70. The second-order valence-electron chi connectivity index (χ2n) is 5.19. The van der Waals surface area contributed by atoms with Crippen molar-refractivity contribution < 1.29 is 23.7 Å². The van der Waals surface area contributed by atoms with Gasteiger partial charge in [0.05, 0.1) is 59.5 Å². The van der Waals surface area contributed by atoms with Crippen molar-refractivity contribution in [1.82, 2.24) is 0 Å². The molecule has 0 bridgehead atoms. The maximum atomic E-state index is 5.81. The minimum Gasteiger partial charge on any atom is -0.379 e. The van der Waals surface area contributed by atoms with Crippen LogP contribution in [0.2, 0.25) is 0 Å². The minimum absolute atomic E-state index is 0.356. The van der Waals surface area contributed by atoms with E-state index < -0.39 is 0 Å². The van der Waals surface area contributed by atoms with Crippen LogP contribution in [0.3, 0.4) is 0 Å². The predicted octanol–water partition coefficient (Wildman–Crippen LogP) is 0.179. The molecule has 0 radical (unpaired) electrons. The minimum atomic E-state index is -0.356. The molecular formula is C16H34N2O5. The summed E-state index contributed by atoms with van der Waals surface area (Å²) in [5.74, 6) is 0. The molecular weight excluding hydrogens is 300 g/mol. The number of hydrogen-bond acceptors (Lipinski definition) is 7. The quantitative estimate of drug-likeness (QED) is 0.272. The second-order valence-corrected chi connectivity index (χ2v) is 5.19. The molecule has 23 heavy (non-hydrogen) atoms. The molecule has 7 heteroatoms. The maximum absolute atomic E-state index is 5.81. The standard InChI is InChI=1S/C16H34N2O5/c1-3-5-22-14-16(12-17,13-18)15-23-11-10-21-9-8-20-7-6-19-4-2/h3H,1,4-15,17-18H2,2H3. The lowest BCUT2D eigenvalue weighted by Crippen LogP contribution is -2.46. The summed E-state index contributed by atoms with van der Waals surface area (Å²) in [6, 6.07) is 0. The van der Waals surface area contributed by atoms with Gasteiger partial charge in [-0.05, 0) is 6.92 Å². The van der Waals surface area contributed by atoms with Crippen LogP contribution < -0.4 is 11.5 Å². The van der Waals surface area contributed by atoms with Gasteiger partial charge >= 0.3 is 0 Å². The molecule has 0 saturated carbocycles. The van der Waals surface area contributed by atoms with E-state index in [1.807, 2.05) is 6.92 Å². The highest BCUT2D eigenvalue weighted by atomic mass is 16.6. The van der Waals surface area contributed by atoms with Crippen LogP contribution in [0, 0.1) is 5.41 Å². The Kier molecular flexibility index (Phi) is 15.9. The van der Waals surface area contributed by atoms with E-state index >= 15 is 0 Å². The molecule has 7 nitrogen and oxygen atoms in total. The van der Waals surface area contributed by atoms with Crippen molar-refractivity contribution in [3.63, 3.8) is 0 Å². The summed E-state index contributed by atoms with van der Waals surface area (Å²) >= 11 is 0. The van der Waals surface area contributed by atoms with Gasteiger partial charge < -0.3 is 35.2 Å². The van der Waals surface area contributed by atoms with E-state index in [1.54, 1.807) is 6.08 Å². The van der Waals surface area contributed by atoms with Crippen molar-refractivity contribution in [2.24, 2.45) is 16.9 Å². The van der Waals surface area contributed by atoms with Crippen LogP contribution in [0.25, 0.3) is 0 Å². The predicted molar refractivity (Wildman–Crippen MR) is 90.5 cm³/mol. The SMILES string of the molecule is C=CCOCC(CN)(CN)COCCOCCOCCOCC. The summed E-state index contributed by atoms with van der Waals surface area (Å²) in [6.45, 7) is 11.8. The van der Waals surface area contributed by atoms with Crippen molar-refractivity contribution >= 4 is 0 Å². The molecule has 0 aliphatic rings. The molecule has 138 valence electrons. The Balaban J connectivity index is 3.57. The van der Waals surface area contributed by atoms with Crippen LogP contribution in [-0.4, -0.2) is 79.2 Å². The van der Waals surface area contributed by atoms with E-state index in [0.717, 1.165) is 0 Å². The molecule has 0 aromatic carbocycles. The highest BCUT2D eigenvalue weighted by Crippen LogP contribution is 2.15. The van der Waals surface area contributed by atoms with Crippen molar-refractivity contribution in [3.05, 3.63) is 12.7 Å². The maximum Gasteiger partial charge on any atom is 0.0701 e. The lowest BCUT2D eigenvalue weighted by Gasteiger charge is -2.30. The fraction of sp³-hybridized carbons (Fsp3) is 0.875. The zero-order valence-corrected chi connectivity index (χ0v) is 14.5. The third-order valence-electron chi connectivity index (χ3n) is 3.24. The van der Waals surface area contributed by atoms with E-state index in [1.165, 1.54) is 0 Å². The highest BCUT2D eigenvalue weighted by molar-refractivity contribution is 4.82. The number of hydrogen-bond donors (Lipinski definition) is 2. The van der Waals surface area contributed by atoms with Crippen LogP contribution in [0.4, 0.5) is 0 Å². The second kappa shape index (κ2) is 16.3. The van der Waals surface area contributed by atoms with Gasteiger partial charge in [-0.25, -0.2) is 0 Å². The molecule has 0 rings (SSSR count). The van der Waals surface area contributed by atoms with Crippen LogP contribution in [0.5, 0.6) is 0 Å².